The normalized spacial score (nSPS) is 14.4. The number of rotatable bonds is 11. The molecule has 4 aromatic rings. The highest BCUT2D eigenvalue weighted by molar-refractivity contribution is 9.10. The lowest BCUT2D eigenvalue weighted by molar-refractivity contribution is -0.384. The Morgan fingerprint density at radius 2 is 1.78 bits per heavy atom. The minimum absolute atomic E-state index is 0.0115. The summed E-state index contributed by atoms with van der Waals surface area (Å²) in [7, 11) is 1.55. The molecule has 2 heterocycles. The predicted octanol–water partition coefficient (Wildman–Crippen LogP) is 5.46. The first-order chi connectivity index (χ1) is 22.1. The van der Waals surface area contributed by atoms with Gasteiger partial charge in [-0.1, -0.05) is 23.5 Å². The number of nitro benzene ring substituents is 1. The van der Waals surface area contributed by atoms with Gasteiger partial charge in [-0.05, 0) is 95.9 Å². The van der Waals surface area contributed by atoms with Crippen LogP contribution in [0.25, 0.3) is 6.08 Å². The van der Waals surface area contributed by atoms with Crippen LogP contribution in [0.15, 0.2) is 86.2 Å². The SMILES string of the molecule is CCOC(=O)C1=C(C)N=c2s/c(=C\c3ccc(OCc4ccc([N+](=O)[O-])cc4)c(Br)c3)c(=O)n2[C@@H]1c1ccc(OC)c(OCC)c1. The number of nitro groups is 1. The number of non-ortho nitro benzene ring substituents is 1. The van der Waals surface area contributed by atoms with E-state index in [1.165, 1.54) is 28.0 Å². The Bertz CT molecular complexity index is 2020. The van der Waals surface area contributed by atoms with Crippen LogP contribution >= 0.6 is 27.3 Å². The van der Waals surface area contributed by atoms with Crippen molar-refractivity contribution in [2.45, 2.75) is 33.4 Å². The standard InChI is InChI=1S/C33H30BrN3O8S/c1-5-43-27-17-22(10-14-26(27)42-4)30-29(32(39)44-6-2)19(3)35-33-36(30)31(38)28(46-33)16-21-9-13-25(24(34)15-21)45-18-20-7-11-23(12-8-20)37(40)41/h7-17,30H,5-6,18H2,1-4H3/b28-16-/t30-/m1/s1. The minimum atomic E-state index is -0.801. The topological polar surface area (TPSA) is 131 Å². The zero-order valence-electron chi connectivity index (χ0n) is 25.4. The molecule has 3 aromatic carbocycles. The summed E-state index contributed by atoms with van der Waals surface area (Å²) < 4.78 is 25.2. The molecule has 0 aliphatic carbocycles. The molecule has 5 rings (SSSR count). The van der Waals surface area contributed by atoms with E-state index in [9.17, 15) is 19.7 Å². The van der Waals surface area contributed by atoms with Gasteiger partial charge in [-0.15, -0.1) is 0 Å². The van der Waals surface area contributed by atoms with Crippen molar-refractivity contribution >= 4 is 45.0 Å². The number of thiazole rings is 1. The molecule has 0 spiro atoms. The Morgan fingerprint density at radius 1 is 1.04 bits per heavy atom. The fraction of sp³-hybridized carbons (Fsp3) is 0.242. The van der Waals surface area contributed by atoms with Gasteiger partial charge in [0, 0.05) is 12.1 Å². The van der Waals surface area contributed by atoms with Crippen LogP contribution in [0.5, 0.6) is 17.2 Å². The molecule has 0 amide bonds. The first kappa shape index (κ1) is 32.6. The maximum Gasteiger partial charge on any atom is 0.338 e. The van der Waals surface area contributed by atoms with Gasteiger partial charge in [0.1, 0.15) is 12.4 Å². The molecular weight excluding hydrogens is 678 g/mol. The number of halogens is 1. The van der Waals surface area contributed by atoms with Crippen LogP contribution in [-0.4, -0.2) is 35.8 Å². The van der Waals surface area contributed by atoms with Crippen molar-refractivity contribution in [1.29, 1.82) is 0 Å². The van der Waals surface area contributed by atoms with E-state index in [1.807, 2.05) is 19.1 Å². The number of hydrogen-bond acceptors (Lipinski definition) is 10. The average molecular weight is 709 g/mol. The number of methoxy groups -OCH3 is 1. The third-order valence-corrected chi connectivity index (χ3v) is 8.72. The van der Waals surface area contributed by atoms with Crippen LogP contribution in [0, 0.1) is 10.1 Å². The van der Waals surface area contributed by atoms with Crippen LogP contribution in [0.1, 0.15) is 43.5 Å². The van der Waals surface area contributed by atoms with Crippen LogP contribution in [0.2, 0.25) is 0 Å². The van der Waals surface area contributed by atoms with E-state index in [0.717, 1.165) is 11.1 Å². The summed E-state index contributed by atoms with van der Waals surface area (Å²) in [5.74, 6) is 1.03. The number of hydrogen-bond donors (Lipinski definition) is 0. The second-order valence-electron chi connectivity index (χ2n) is 10.0. The summed E-state index contributed by atoms with van der Waals surface area (Å²) in [6, 6.07) is 16.1. The molecule has 11 nitrogen and oxygen atoms in total. The lowest BCUT2D eigenvalue weighted by Crippen LogP contribution is -2.40. The molecular formula is C33H30BrN3O8S. The van der Waals surface area contributed by atoms with Gasteiger partial charge < -0.3 is 18.9 Å². The van der Waals surface area contributed by atoms with Gasteiger partial charge in [0.15, 0.2) is 16.3 Å². The van der Waals surface area contributed by atoms with Gasteiger partial charge in [0.2, 0.25) is 0 Å². The first-order valence-corrected chi connectivity index (χ1v) is 15.9. The Balaban J connectivity index is 1.51. The monoisotopic (exact) mass is 707 g/mol. The van der Waals surface area contributed by atoms with Gasteiger partial charge in [0.05, 0.1) is 51.6 Å². The molecule has 238 valence electrons. The van der Waals surface area contributed by atoms with Gasteiger partial charge in [-0.2, -0.15) is 0 Å². The van der Waals surface area contributed by atoms with Gasteiger partial charge in [0.25, 0.3) is 11.2 Å². The largest absolute Gasteiger partial charge is 0.493 e. The lowest BCUT2D eigenvalue weighted by atomic mass is 9.95. The number of esters is 1. The number of allylic oxidation sites excluding steroid dienone is 1. The van der Waals surface area contributed by atoms with Crippen molar-refractivity contribution in [3.05, 3.63) is 123 Å². The smallest absolute Gasteiger partial charge is 0.338 e. The third-order valence-electron chi connectivity index (χ3n) is 7.12. The van der Waals surface area contributed by atoms with Crippen molar-refractivity contribution in [2.75, 3.05) is 20.3 Å². The fourth-order valence-electron chi connectivity index (χ4n) is 4.99. The van der Waals surface area contributed by atoms with E-state index in [0.29, 0.717) is 48.9 Å². The van der Waals surface area contributed by atoms with E-state index in [-0.39, 0.29) is 30.0 Å². The Labute approximate surface area is 276 Å². The summed E-state index contributed by atoms with van der Waals surface area (Å²) in [5, 5.41) is 10.9. The molecule has 0 saturated carbocycles. The summed E-state index contributed by atoms with van der Waals surface area (Å²) in [5.41, 5.74) is 2.59. The zero-order valence-corrected chi connectivity index (χ0v) is 27.8. The summed E-state index contributed by atoms with van der Waals surface area (Å²) >= 11 is 4.77. The molecule has 0 N–H and O–H groups in total. The molecule has 1 atom stereocenters. The highest BCUT2D eigenvalue weighted by Crippen LogP contribution is 2.36. The molecule has 1 aliphatic rings. The Kier molecular flexibility index (Phi) is 10.0. The average Bonchev–Trinajstić information content (AvgIpc) is 3.34. The van der Waals surface area contributed by atoms with E-state index in [4.69, 9.17) is 18.9 Å². The number of carbonyl (C=O) groups is 1. The second-order valence-corrected chi connectivity index (χ2v) is 11.9. The Hall–Kier alpha value is -4.75. The van der Waals surface area contributed by atoms with Crippen molar-refractivity contribution < 1.29 is 28.7 Å². The maximum atomic E-state index is 14.0. The minimum Gasteiger partial charge on any atom is -0.493 e. The van der Waals surface area contributed by atoms with E-state index in [2.05, 4.69) is 20.9 Å². The third kappa shape index (κ3) is 6.75. The zero-order chi connectivity index (χ0) is 33.0. The van der Waals surface area contributed by atoms with E-state index < -0.39 is 16.9 Å². The number of fused-ring (bicyclic) bond motifs is 1. The van der Waals surface area contributed by atoms with Gasteiger partial charge in [-0.3, -0.25) is 19.5 Å². The molecule has 0 fully saturated rings. The molecule has 0 bridgehead atoms. The molecule has 0 radical (unpaired) electrons. The molecule has 1 aliphatic heterocycles. The van der Waals surface area contributed by atoms with Crippen LogP contribution in [0.3, 0.4) is 0 Å². The lowest BCUT2D eigenvalue weighted by Gasteiger charge is -2.25. The number of aromatic nitrogens is 1. The summed E-state index contributed by atoms with van der Waals surface area (Å²) in [4.78, 5) is 42.8. The highest BCUT2D eigenvalue weighted by Gasteiger charge is 2.34. The van der Waals surface area contributed by atoms with E-state index >= 15 is 0 Å². The van der Waals surface area contributed by atoms with Crippen molar-refractivity contribution in [3.63, 3.8) is 0 Å². The second kappa shape index (κ2) is 14.1. The van der Waals surface area contributed by atoms with Crippen LogP contribution in [0.4, 0.5) is 5.69 Å². The predicted molar refractivity (Wildman–Crippen MR) is 176 cm³/mol. The quantitative estimate of drug-likeness (QED) is 0.114. The maximum absolute atomic E-state index is 14.0. The van der Waals surface area contributed by atoms with Gasteiger partial charge >= 0.3 is 5.97 Å². The van der Waals surface area contributed by atoms with E-state index in [1.54, 1.807) is 63.4 Å². The fourth-order valence-corrected chi connectivity index (χ4v) is 6.55. The molecule has 0 unspecified atom stereocenters. The van der Waals surface area contributed by atoms with Crippen molar-refractivity contribution in [1.82, 2.24) is 4.57 Å². The van der Waals surface area contributed by atoms with Crippen LogP contribution in [-0.2, 0) is 16.1 Å². The first-order valence-electron chi connectivity index (χ1n) is 14.3. The molecule has 46 heavy (non-hydrogen) atoms. The van der Waals surface area contributed by atoms with Crippen LogP contribution < -0.4 is 29.1 Å². The molecule has 13 heteroatoms. The van der Waals surface area contributed by atoms with Gasteiger partial charge in [-0.25, -0.2) is 9.79 Å². The molecule has 1 aromatic heterocycles. The summed E-state index contributed by atoms with van der Waals surface area (Å²) in [6.07, 6.45) is 1.76. The number of carbonyl (C=O) groups excluding carboxylic acids is 1. The number of nitrogens with zero attached hydrogens (tertiary/aromatic N) is 3. The number of ether oxygens (including phenoxy) is 4. The number of benzene rings is 3. The van der Waals surface area contributed by atoms with Crippen molar-refractivity contribution in [2.24, 2.45) is 4.99 Å². The summed E-state index contributed by atoms with van der Waals surface area (Å²) in [6.45, 7) is 6.10. The Morgan fingerprint density at radius 3 is 2.43 bits per heavy atom. The highest BCUT2D eigenvalue weighted by atomic mass is 79.9. The van der Waals surface area contributed by atoms with Crippen molar-refractivity contribution in [3.8, 4) is 17.2 Å². The molecule has 0 saturated heterocycles.